The summed E-state index contributed by atoms with van der Waals surface area (Å²) in [5, 5.41) is 3.18. The van der Waals surface area contributed by atoms with Gasteiger partial charge in [0.2, 0.25) is 0 Å². The van der Waals surface area contributed by atoms with E-state index in [0.29, 0.717) is 27.6 Å². The van der Waals surface area contributed by atoms with Gasteiger partial charge in [0.15, 0.2) is 0 Å². The van der Waals surface area contributed by atoms with Gasteiger partial charge in [-0.2, -0.15) is 0 Å². The summed E-state index contributed by atoms with van der Waals surface area (Å²) in [6.45, 7) is 1.83. The second-order valence-corrected chi connectivity index (χ2v) is 5.88. The number of hydrogen-bond acceptors (Lipinski definition) is 3. The lowest BCUT2D eigenvalue weighted by Crippen LogP contribution is -2.21. The molecule has 0 saturated heterocycles. The largest absolute Gasteiger partial charge is 0.495 e. The predicted octanol–water partition coefficient (Wildman–Crippen LogP) is 3.61. The number of ether oxygens (including phenoxy) is 1. The Morgan fingerprint density at radius 1 is 1.17 bits per heavy atom. The SMILES string of the molecule is COc1cc(C(=O)N(C)C)ccc1NC(=O)c1cccc(C)c1Cl. The molecule has 0 fully saturated rings. The Morgan fingerprint density at radius 2 is 1.88 bits per heavy atom. The first-order valence-electron chi connectivity index (χ1n) is 7.31. The zero-order valence-electron chi connectivity index (χ0n) is 14.0. The molecule has 126 valence electrons. The third-order valence-corrected chi connectivity index (χ3v) is 4.04. The Bertz CT molecular complexity index is 788. The lowest BCUT2D eigenvalue weighted by molar-refractivity contribution is 0.0827. The summed E-state index contributed by atoms with van der Waals surface area (Å²) in [4.78, 5) is 25.9. The topological polar surface area (TPSA) is 58.6 Å². The molecule has 2 amide bonds. The first-order valence-corrected chi connectivity index (χ1v) is 7.69. The van der Waals surface area contributed by atoms with Crippen LogP contribution in [0.3, 0.4) is 0 Å². The molecule has 0 atom stereocenters. The van der Waals surface area contributed by atoms with Gasteiger partial charge in [-0.1, -0.05) is 23.7 Å². The van der Waals surface area contributed by atoms with Gasteiger partial charge in [0, 0.05) is 19.7 Å². The van der Waals surface area contributed by atoms with Gasteiger partial charge in [0.1, 0.15) is 5.75 Å². The average molecular weight is 347 g/mol. The van der Waals surface area contributed by atoms with Crippen LogP contribution in [-0.4, -0.2) is 37.9 Å². The fourth-order valence-electron chi connectivity index (χ4n) is 2.20. The van der Waals surface area contributed by atoms with Crippen LogP contribution in [0.15, 0.2) is 36.4 Å². The second-order valence-electron chi connectivity index (χ2n) is 5.51. The first kappa shape index (κ1) is 17.8. The smallest absolute Gasteiger partial charge is 0.257 e. The summed E-state index contributed by atoms with van der Waals surface area (Å²) < 4.78 is 5.29. The molecule has 1 N–H and O–H groups in total. The molecular formula is C18H19ClN2O3. The van der Waals surface area contributed by atoms with Crippen molar-refractivity contribution >= 4 is 29.1 Å². The lowest BCUT2D eigenvalue weighted by atomic mass is 10.1. The van der Waals surface area contributed by atoms with E-state index in [1.54, 1.807) is 44.4 Å². The number of aryl methyl sites for hydroxylation is 1. The minimum Gasteiger partial charge on any atom is -0.495 e. The summed E-state index contributed by atoms with van der Waals surface area (Å²) in [6, 6.07) is 10.1. The third-order valence-electron chi connectivity index (χ3n) is 3.54. The third kappa shape index (κ3) is 3.68. The quantitative estimate of drug-likeness (QED) is 0.920. The Morgan fingerprint density at radius 3 is 2.50 bits per heavy atom. The molecule has 0 spiro atoms. The van der Waals surface area contributed by atoms with Crippen molar-refractivity contribution < 1.29 is 14.3 Å². The number of hydrogen-bond donors (Lipinski definition) is 1. The van der Waals surface area contributed by atoms with E-state index >= 15 is 0 Å². The average Bonchev–Trinajstić information content (AvgIpc) is 2.56. The molecule has 0 bridgehead atoms. The molecule has 5 nitrogen and oxygen atoms in total. The second kappa shape index (κ2) is 7.36. The zero-order valence-corrected chi connectivity index (χ0v) is 14.8. The van der Waals surface area contributed by atoms with Crippen LogP contribution in [0, 0.1) is 6.92 Å². The number of carbonyl (C=O) groups excluding carboxylic acids is 2. The van der Waals surface area contributed by atoms with E-state index in [1.807, 2.05) is 13.0 Å². The van der Waals surface area contributed by atoms with Crippen LogP contribution in [0.5, 0.6) is 5.75 Å². The molecule has 24 heavy (non-hydrogen) atoms. The van der Waals surface area contributed by atoms with E-state index in [4.69, 9.17) is 16.3 Å². The highest BCUT2D eigenvalue weighted by atomic mass is 35.5. The molecule has 0 aromatic heterocycles. The van der Waals surface area contributed by atoms with E-state index in [0.717, 1.165) is 5.56 Å². The molecular weight excluding hydrogens is 328 g/mol. The summed E-state index contributed by atoms with van der Waals surface area (Å²) in [5.74, 6) is -0.0820. The number of methoxy groups -OCH3 is 1. The summed E-state index contributed by atoms with van der Waals surface area (Å²) in [6.07, 6.45) is 0. The van der Waals surface area contributed by atoms with Crippen LogP contribution in [0.2, 0.25) is 5.02 Å². The minimum atomic E-state index is -0.339. The number of anilines is 1. The molecule has 0 saturated carbocycles. The predicted molar refractivity (Wildman–Crippen MR) is 95.2 cm³/mol. The fourth-order valence-corrected chi connectivity index (χ4v) is 2.41. The van der Waals surface area contributed by atoms with Gasteiger partial charge < -0.3 is 15.0 Å². The summed E-state index contributed by atoms with van der Waals surface area (Å²) in [5.41, 5.74) is 2.15. The normalized spacial score (nSPS) is 10.2. The van der Waals surface area contributed by atoms with E-state index in [1.165, 1.54) is 12.0 Å². The van der Waals surface area contributed by atoms with Crippen LogP contribution in [0.4, 0.5) is 5.69 Å². The van der Waals surface area contributed by atoms with Crippen molar-refractivity contribution in [1.29, 1.82) is 0 Å². The highest BCUT2D eigenvalue weighted by Gasteiger charge is 2.16. The van der Waals surface area contributed by atoms with Crippen LogP contribution in [0.25, 0.3) is 0 Å². The minimum absolute atomic E-state index is 0.145. The van der Waals surface area contributed by atoms with Gasteiger partial charge in [-0.05, 0) is 36.8 Å². The Balaban J connectivity index is 2.31. The van der Waals surface area contributed by atoms with Gasteiger partial charge in [0.25, 0.3) is 11.8 Å². The summed E-state index contributed by atoms with van der Waals surface area (Å²) >= 11 is 6.19. The van der Waals surface area contributed by atoms with Crippen molar-refractivity contribution in [2.45, 2.75) is 6.92 Å². The molecule has 2 aromatic rings. The van der Waals surface area contributed by atoms with Crippen molar-refractivity contribution in [2.24, 2.45) is 0 Å². The maximum absolute atomic E-state index is 12.5. The van der Waals surface area contributed by atoms with E-state index < -0.39 is 0 Å². The molecule has 0 aliphatic heterocycles. The van der Waals surface area contributed by atoms with Crippen molar-refractivity contribution in [3.63, 3.8) is 0 Å². The van der Waals surface area contributed by atoms with Crippen LogP contribution in [0.1, 0.15) is 26.3 Å². The number of benzene rings is 2. The molecule has 6 heteroatoms. The zero-order chi connectivity index (χ0) is 17.9. The molecule has 2 aromatic carbocycles. The number of carbonyl (C=O) groups is 2. The van der Waals surface area contributed by atoms with E-state index in [-0.39, 0.29) is 11.8 Å². The highest BCUT2D eigenvalue weighted by Crippen LogP contribution is 2.28. The van der Waals surface area contributed by atoms with E-state index in [9.17, 15) is 9.59 Å². The van der Waals surface area contributed by atoms with Gasteiger partial charge in [-0.25, -0.2) is 0 Å². The van der Waals surface area contributed by atoms with Crippen LogP contribution in [-0.2, 0) is 0 Å². The van der Waals surface area contributed by atoms with Crippen LogP contribution >= 0.6 is 11.6 Å². The number of amides is 2. The van der Waals surface area contributed by atoms with Crippen molar-refractivity contribution in [3.8, 4) is 5.75 Å². The number of rotatable bonds is 4. The highest BCUT2D eigenvalue weighted by molar-refractivity contribution is 6.35. The molecule has 0 unspecified atom stereocenters. The first-order chi connectivity index (χ1) is 11.3. The van der Waals surface area contributed by atoms with E-state index in [2.05, 4.69) is 5.32 Å². The Labute approximate surface area is 146 Å². The van der Waals surface area contributed by atoms with Crippen molar-refractivity contribution in [3.05, 3.63) is 58.1 Å². The maximum Gasteiger partial charge on any atom is 0.257 e. The molecule has 0 aliphatic rings. The molecule has 2 rings (SSSR count). The van der Waals surface area contributed by atoms with Gasteiger partial charge in [-0.15, -0.1) is 0 Å². The van der Waals surface area contributed by atoms with Crippen LogP contribution < -0.4 is 10.1 Å². The van der Waals surface area contributed by atoms with Crippen molar-refractivity contribution in [1.82, 2.24) is 4.90 Å². The monoisotopic (exact) mass is 346 g/mol. The van der Waals surface area contributed by atoms with Gasteiger partial charge in [-0.3, -0.25) is 9.59 Å². The van der Waals surface area contributed by atoms with Gasteiger partial charge >= 0.3 is 0 Å². The Hall–Kier alpha value is -2.53. The molecule has 0 aliphatic carbocycles. The Kier molecular flexibility index (Phi) is 5.46. The lowest BCUT2D eigenvalue weighted by Gasteiger charge is -2.15. The number of nitrogens with zero attached hydrogens (tertiary/aromatic N) is 1. The number of halogens is 1. The fraction of sp³-hybridized carbons (Fsp3) is 0.222. The standard InChI is InChI=1S/C18H19ClN2O3/c1-11-6-5-7-13(16(11)19)17(22)20-14-9-8-12(10-15(14)24-4)18(23)21(2)3/h5-10H,1-4H3,(H,20,22). The molecule has 0 heterocycles. The van der Waals surface area contributed by atoms with Crippen molar-refractivity contribution in [2.75, 3.05) is 26.5 Å². The van der Waals surface area contributed by atoms with Gasteiger partial charge in [0.05, 0.1) is 23.4 Å². The summed E-state index contributed by atoms with van der Waals surface area (Å²) in [7, 11) is 4.82. The molecule has 0 radical (unpaired) electrons. The number of nitrogens with one attached hydrogen (secondary N) is 1. The maximum atomic E-state index is 12.5.